The number of alkyl halides is 3. The van der Waals surface area contributed by atoms with Gasteiger partial charge in [-0.3, -0.25) is 19.4 Å². The second kappa shape index (κ2) is 5.58. The Hall–Kier alpha value is -3.37. The number of nitrogens with zero attached hydrogens (tertiary/aromatic N) is 1. The molecule has 1 aliphatic rings. The number of benzene rings is 1. The number of nitrogens with one attached hydrogen (secondary N) is 3. The number of H-pyrrole nitrogens is 1. The number of aromatic nitrogens is 2. The fraction of sp³-hybridized carbons (Fsp3) is 0.200. The lowest BCUT2D eigenvalue weighted by molar-refractivity contribution is -0.200. The highest BCUT2D eigenvalue weighted by atomic mass is 19.4. The van der Waals surface area contributed by atoms with Crippen LogP contribution in [0.5, 0.6) is 0 Å². The van der Waals surface area contributed by atoms with Crippen LogP contribution in [0.2, 0.25) is 0 Å². The SMILES string of the molecule is CC(=O)N[C@]1(C(F)(F)F)C(=O)Nc2c1c(=O)[nH]c(=O)n2-c1ccccc1. The van der Waals surface area contributed by atoms with E-state index in [1.807, 2.05) is 5.32 Å². The zero-order chi connectivity index (χ0) is 19.3. The van der Waals surface area contributed by atoms with Gasteiger partial charge in [-0.1, -0.05) is 18.2 Å². The summed E-state index contributed by atoms with van der Waals surface area (Å²) >= 11 is 0. The van der Waals surface area contributed by atoms with Crippen molar-refractivity contribution in [2.24, 2.45) is 0 Å². The van der Waals surface area contributed by atoms with Gasteiger partial charge in [-0.2, -0.15) is 13.2 Å². The quantitative estimate of drug-likeness (QED) is 0.711. The third-order valence-corrected chi connectivity index (χ3v) is 3.86. The lowest BCUT2D eigenvalue weighted by Gasteiger charge is -2.29. The Balaban J connectivity index is 2.44. The number of para-hydroxylation sites is 1. The molecule has 1 aromatic carbocycles. The third-order valence-electron chi connectivity index (χ3n) is 3.86. The van der Waals surface area contributed by atoms with E-state index in [4.69, 9.17) is 0 Å². The predicted octanol–water partition coefficient (Wildman–Crippen LogP) is 0.372. The Morgan fingerprint density at radius 1 is 1.15 bits per heavy atom. The summed E-state index contributed by atoms with van der Waals surface area (Å²) in [4.78, 5) is 49.8. The molecule has 0 unspecified atom stereocenters. The summed E-state index contributed by atoms with van der Waals surface area (Å²) < 4.78 is 42.1. The maximum Gasteiger partial charge on any atom is 0.425 e. The number of anilines is 1. The molecule has 0 bridgehead atoms. The second-order valence-corrected chi connectivity index (χ2v) is 5.54. The van der Waals surface area contributed by atoms with Gasteiger partial charge in [-0.25, -0.2) is 9.36 Å². The number of halogens is 3. The van der Waals surface area contributed by atoms with Crippen molar-refractivity contribution in [3.8, 4) is 5.69 Å². The van der Waals surface area contributed by atoms with Crippen LogP contribution in [0, 0.1) is 0 Å². The van der Waals surface area contributed by atoms with Gasteiger partial charge >= 0.3 is 11.9 Å². The highest BCUT2D eigenvalue weighted by molar-refractivity contribution is 6.07. The molecule has 8 nitrogen and oxygen atoms in total. The van der Waals surface area contributed by atoms with Crippen molar-refractivity contribution < 1.29 is 22.8 Å². The standard InChI is InChI=1S/C15H11F3N4O4/c1-7(23)21-14(15(16,17)18)9-10(19-12(14)25)22(13(26)20-11(9)24)8-5-3-2-4-6-8/h2-6H,1H3,(H,19,25)(H,21,23)(H,20,24,26)/t14-/m0/s1. The van der Waals surface area contributed by atoms with Crippen LogP contribution in [-0.4, -0.2) is 27.5 Å². The van der Waals surface area contributed by atoms with Crippen LogP contribution in [0.3, 0.4) is 0 Å². The number of hydrogen-bond donors (Lipinski definition) is 3. The van der Waals surface area contributed by atoms with E-state index in [0.717, 1.165) is 11.5 Å². The minimum Gasteiger partial charge on any atom is -0.331 e. The molecule has 3 rings (SSSR count). The maximum absolute atomic E-state index is 13.8. The molecule has 2 aromatic rings. The first kappa shape index (κ1) is 17.5. The van der Waals surface area contributed by atoms with Crippen LogP contribution >= 0.6 is 0 Å². The Labute approximate surface area is 142 Å². The number of hydrogen-bond acceptors (Lipinski definition) is 4. The molecule has 2 heterocycles. The van der Waals surface area contributed by atoms with Crippen LogP contribution in [0.25, 0.3) is 5.69 Å². The first-order valence-electron chi connectivity index (χ1n) is 7.21. The summed E-state index contributed by atoms with van der Waals surface area (Å²) in [6, 6.07) is 7.44. The molecule has 0 fully saturated rings. The Bertz CT molecular complexity index is 1030. The van der Waals surface area contributed by atoms with E-state index in [0.29, 0.717) is 0 Å². The molecule has 1 aliphatic heterocycles. The van der Waals surface area contributed by atoms with E-state index in [1.54, 1.807) is 11.1 Å². The van der Waals surface area contributed by atoms with Crippen LogP contribution in [0.1, 0.15) is 12.5 Å². The molecule has 136 valence electrons. The molecule has 0 saturated carbocycles. The van der Waals surface area contributed by atoms with E-state index >= 15 is 0 Å². The number of carbonyl (C=O) groups is 2. The molecule has 0 spiro atoms. The van der Waals surface area contributed by atoms with E-state index in [9.17, 15) is 32.3 Å². The molecule has 3 N–H and O–H groups in total. The van der Waals surface area contributed by atoms with Gasteiger partial charge in [0.1, 0.15) is 11.4 Å². The second-order valence-electron chi connectivity index (χ2n) is 5.54. The smallest absolute Gasteiger partial charge is 0.331 e. The number of rotatable bonds is 2. The van der Waals surface area contributed by atoms with Gasteiger partial charge in [0, 0.05) is 6.92 Å². The van der Waals surface area contributed by atoms with Gasteiger partial charge in [-0.05, 0) is 12.1 Å². The minimum atomic E-state index is -5.33. The molecular weight excluding hydrogens is 357 g/mol. The average molecular weight is 368 g/mol. The van der Waals surface area contributed by atoms with Crippen LogP contribution < -0.4 is 21.9 Å². The lowest BCUT2D eigenvalue weighted by Crippen LogP contribution is -2.61. The topological polar surface area (TPSA) is 113 Å². The summed E-state index contributed by atoms with van der Waals surface area (Å²) in [6.07, 6.45) is -5.33. The molecular formula is C15H11F3N4O4. The van der Waals surface area contributed by atoms with Crippen molar-refractivity contribution in [1.82, 2.24) is 14.9 Å². The number of aromatic amines is 1. The fourth-order valence-electron chi connectivity index (χ4n) is 2.87. The molecule has 11 heteroatoms. The highest BCUT2D eigenvalue weighted by Gasteiger charge is 2.68. The van der Waals surface area contributed by atoms with Crippen molar-refractivity contribution in [2.75, 3.05) is 5.32 Å². The Morgan fingerprint density at radius 3 is 2.31 bits per heavy atom. The van der Waals surface area contributed by atoms with E-state index in [-0.39, 0.29) is 5.69 Å². The van der Waals surface area contributed by atoms with Crippen molar-refractivity contribution >= 4 is 17.6 Å². The van der Waals surface area contributed by atoms with Crippen LogP contribution in [0.4, 0.5) is 19.0 Å². The molecule has 1 atom stereocenters. The zero-order valence-electron chi connectivity index (χ0n) is 13.1. The van der Waals surface area contributed by atoms with Crippen molar-refractivity contribution in [3.63, 3.8) is 0 Å². The number of amides is 2. The summed E-state index contributed by atoms with van der Waals surface area (Å²) in [5.41, 5.74) is -7.06. The van der Waals surface area contributed by atoms with Gasteiger partial charge in [0.15, 0.2) is 0 Å². The first-order valence-corrected chi connectivity index (χ1v) is 7.21. The summed E-state index contributed by atoms with van der Waals surface area (Å²) in [7, 11) is 0. The number of carbonyl (C=O) groups excluding carboxylic acids is 2. The molecule has 0 saturated heterocycles. The fourth-order valence-corrected chi connectivity index (χ4v) is 2.87. The van der Waals surface area contributed by atoms with Gasteiger partial charge in [0.05, 0.1) is 5.69 Å². The zero-order valence-corrected chi connectivity index (χ0v) is 13.1. The average Bonchev–Trinajstić information content (AvgIpc) is 2.81. The van der Waals surface area contributed by atoms with E-state index < -0.39 is 46.2 Å². The number of fused-ring (bicyclic) bond motifs is 1. The minimum absolute atomic E-state index is 0.117. The van der Waals surface area contributed by atoms with Crippen molar-refractivity contribution in [1.29, 1.82) is 0 Å². The van der Waals surface area contributed by atoms with E-state index in [2.05, 4.69) is 0 Å². The Morgan fingerprint density at radius 2 is 1.77 bits per heavy atom. The Kier molecular flexibility index (Phi) is 3.74. The highest BCUT2D eigenvalue weighted by Crippen LogP contribution is 2.45. The van der Waals surface area contributed by atoms with Crippen LogP contribution in [-0.2, 0) is 15.1 Å². The van der Waals surface area contributed by atoms with Gasteiger partial charge < -0.3 is 10.6 Å². The lowest BCUT2D eigenvalue weighted by atomic mass is 9.92. The van der Waals surface area contributed by atoms with Crippen LogP contribution in [0.15, 0.2) is 39.9 Å². The van der Waals surface area contributed by atoms with E-state index in [1.165, 1.54) is 29.6 Å². The van der Waals surface area contributed by atoms with Crippen molar-refractivity contribution in [3.05, 3.63) is 56.7 Å². The molecule has 0 radical (unpaired) electrons. The third kappa shape index (κ3) is 2.31. The molecule has 1 aromatic heterocycles. The predicted molar refractivity (Wildman–Crippen MR) is 82.8 cm³/mol. The van der Waals surface area contributed by atoms with Crippen molar-refractivity contribution in [2.45, 2.75) is 18.6 Å². The summed E-state index contributed by atoms with van der Waals surface area (Å²) in [5, 5.41) is 3.45. The molecule has 26 heavy (non-hydrogen) atoms. The molecule has 0 aliphatic carbocycles. The summed E-state index contributed by atoms with van der Waals surface area (Å²) in [6.45, 7) is 0.778. The summed E-state index contributed by atoms with van der Waals surface area (Å²) in [5.74, 6) is -3.51. The van der Waals surface area contributed by atoms with Gasteiger partial charge in [0.2, 0.25) is 11.4 Å². The van der Waals surface area contributed by atoms with Gasteiger partial charge in [0.25, 0.3) is 11.5 Å². The maximum atomic E-state index is 13.8. The van der Waals surface area contributed by atoms with Gasteiger partial charge in [-0.15, -0.1) is 0 Å². The largest absolute Gasteiger partial charge is 0.425 e. The monoisotopic (exact) mass is 368 g/mol. The molecule has 2 amide bonds. The first-order chi connectivity index (χ1) is 12.1. The normalized spacial score (nSPS) is 19.0.